The predicted molar refractivity (Wildman–Crippen MR) is 66.6 cm³/mol. The Morgan fingerprint density at radius 1 is 1.00 bits per heavy atom. The van der Waals surface area contributed by atoms with E-state index in [-0.39, 0.29) is 5.82 Å². The minimum atomic E-state index is -0.160. The molecule has 0 heterocycles. The van der Waals surface area contributed by atoms with Crippen LogP contribution >= 0.6 is 0 Å². The van der Waals surface area contributed by atoms with E-state index in [1.54, 1.807) is 0 Å². The van der Waals surface area contributed by atoms with Gasteiger partial charge in [0.25, 0.3) is 0 Å². The van der Waals surface area contributed by atoms with Crippen LogP contribution in [0.5, 0.6) is 0 Å². The Kier molecular flexibility index (Phi) is 1.88. The van der Waals surface area contributed by atoms with Crippen molar-refractivity contribution >= 4 is 6.08 Å². The van der Waals surface area contributed by atoms with E-state index >= 15 is 0 Å². The van der Waals surface area contributed by atoms with E-state index in [2.05, 4.69) is 24.3 Å². The van der Waals surface area contributed by atoms with Crippen LogP contribution in [0.1, 0.15) is 12.0 Å². The molecule has 86 valence electrons. The highest BCUT2D eigenvalue weighted by atomic mass is 19.1. The maximum absolute atomic E-state index is 12.8. The fourth-order valence-corrected chi connectivity index (χ4v) is 3.91. The number of benzene rings is 1. The van der Waals surface area contributed by atoms with E-state index in [0.717, 1.165) is 35.2 Å². The summed E-state index contributed by atoms with van der Waals surface area (Å²) in [4.78, 5) is 0. The van der Waals surface area contributed by atoms with Crippen molar-refractivity contribution in [3.05, 3.63) is 53.9 Å². The van der Waals surface area contributed by atoms with Crippen LogP contribution in [0.2, 0.25) is 0 Å². The molecule has 1 aromatic carbocycles. The lowest BCUT2D eigenvalue weighted by Gasteiger charge is -2.04. The average Bonchev–Trinajstić information content (AvgIpc) is 2.74. The molecule has 0 radical (unpaired) electrons. The normalized spacial score (nSPS) is 41.1. The molecule has 1 aromatic rings. The molecular formula is C16H15F. The summed E-state index contributed by atoms with van der Waals surface area (Å²) in [6, 6.07) is 6.74. The van der Waals surface area contributed by atoms with Crippen LogP contribution < -0.4 is 0 Å². The van der Waals surface area contributed by atoms with Gasteiger partial charge >= 0.3 is 0 Å². The van der Waals surface area contributed by atoms with Gasteiger partial charge in [0.05, 0.1) is 0 Å². The van der Waals surface area contributed by atoms with Crippen LogP contribution in [-0.2, 0) is 0 Å². The van der Waals surface area contributed by atoms with E-state index in [4.69, 9.17) is 0 Å². The molecule has 0 N–H and O–H groups in total. The van der Waals surface area contributed by atoms with Crippen molar-refractivity contribution in [2.24, 2.45) is 29.6 Å². The molecule has 0 aromatic heterocycles. The highest BCUT2D eigenvalue weighted by molar-refractivity contribution is 5.50. The summed E-state index contributed by atoms with van der Waals surface area (Å²) >= 11 is 0. The third-order valence-electron chi connectivity index (χ3n) is 4.71. The summed E-state index contributed by atoms with van der Waals surface area (Å²) < 4.78 is 12.8. The molecule has 0 nitrogen and oxygen atoms in total. The second-order valence-electron chi connectivity index (χ2n) is 5.59. The van der Waals surface area contributed by atoms with Crippen LogP contribution in [0.15, 0.2) is 42.5 Å². The Morgan fingerprint density at radius 2 is 1.65 bits per heavy atom. The zero-order chi connectivity index (χ0) is 11.4. The van der Waals surface area contributed by atoms with Crippen LogP contribution in [0.25, 0.3) is 6.08 Å². The fraction of sp³-hybridized carbons (Fsp3) is 0.375. The molecule has 17 heavy (non-hydrogen) atoms. The van der Waals surface area contributed by atoms with Gasteiger partial charge in [-0.2, -0.15) is 0 Å². The molecule has 2 bridgehead atoms. The van der Waals surface area contributed by atoms with Gasteiger partial charge in [0.15, 0.2) is 0 Å². The lowest BCUT2D eigenvalue weighted by molar-refractivity contribution is 0.530. The summed E-state index contributed by atoms with van der Waals surface area (Å²) in [5, 5.41) is 0. The molecule has 2 saturated carbocycles. The Bertz CT molecular complexity index is 479. The van der Waals surface area contributed by atoms with E-state index < -0.39 is 0 Å². The van der Waals surface area contributed by atoms with Crippen molar-refractivity contribution in [3.63, 3.8) is 0 Å². The van der Waals surface area contributed by atoms with E-state index in [9.17, 15) is 4.39 Å². The van der Waals surface area contributed by atoms with Crippen molar-refractivity contribution in [1.29, 1.82) is 0 Å². The second-order valence-corrected chi connectivity index (χ2v) is 5.59. The van der Waals surface area contributed by atoms with Gasteiger partial charge in [0.1, 0.15) is 5.82 Å². The molecule has 4 rings (SSSR count). The summed E-state index contributed by atoms with van der Waals surface area (Å²) in [5.41, 5.74) is 1.11. The maximum Gasteiger partial charge on any atom is 0.123 e. The van der Waals surface area contributed by atoms with Crippen LogP contribution in [-0.4, -0.2) is 0 Å². The van der Waals surface area contributed by atoms with Crippen LogP contribution in [0, 0.1) is 35.4 Å². The van der Waals surface area contributed by atoms with Crippen LogP contribution in [0.4, 0.5) is 4.39 Å². The standard InChI is InChI=1S/C16H15F/c17-13-6-1-10(2-7-13)3-8-14-15-11-4-5-12(9-11)16(14)15/h1-8,11-12,14-16H,9H2/b8-3+/t11-,12+,14?,15-,16+. The molecule has 1 unspecified atom stereocenters. The summed E-state index contributed by atoms with van der Waals surface area (Å²) in [6.07, 6.45) is 10.7. The topological polar surface area (TPSA) is 0 Å². The molecule has 3 aliphatic rings. The van der Waals surface area contributed by atoms with Gasteiger partial charge in [-0.15, -0.1) is 0 Å². The van der Waals surface area contributed by atoms with Crippen molar-refractivity contribution in [2.75, 3.05) is 0 Å². The van der Waals surface area contributed by atoms with E-state index in [1.165, 1.54) is 18.6 Å². The monoisotopic (exact) mass is 226 g/mol. The highest BCUT2D eigenvalue weighted by Gasteiger charge is 2.61. The second kappa shape index (κ2) is 3.32. The highest BCUT2D eigenvalue weighted by Crippen LogP contribution is 2.67. The Balaban J connectivity index is 1.48. The predicted octanol–water partition coefficient (Wildman–Crippen LogP) is 3.91. The first kappa shape index (κ1) is 9.64. The van der Waals surface area contributed by atoms with Gasteiger partial charge in [-0.1, -0.05) is 36.4 Å². The molecule has 1 heteroatoms. The van der Waals surface area contributed by atoms with Gasteiger partial charge in [-0.3, -0.25) is 0 Å². The van der Waals surface area contributed by atoms with Gasteiger partial charge < -0.3 is 0 Å². The molecule has 0 aliphatic heterocycles. The third kappa shape index (κ3) is 1.41. The third-order valence-corrected chi connectivity index (χ3v) is 4.71. The first-order valence-electron chi connectivity index (χ1n) is 6.45. The minimum absolute atomic E-state index is 0.160. The number of hydrogen-bond acceptors (Lipinski definition) is 0. The van der Waals surface area contributed by atoms with Crippen LogP contribution in [0.3, 0.4) is 0 Å². The fourth-order valence-electron chi connectivity index (χ4n) is 3.91. The Hall–Kier alpha value is -1.37. The summed E-state index contributed by atoms with van der Waals surface area (Å²) in [7, 11) is 0. The zero-order valence-corrected chi connectivity index (χ0v) is 9.59. The SMILES string of the molecule is Fc1ccc(/C=C/C2[C@@H]3[C@H]2[C@H]2C=C[C@@H]3C2)cc1. The average molecular weight is 226 g/mol. The van der Waals surface area contributed by atoms with Gasteiger partial charge in [-0.25, -0.2) is 4.39 Å². The van der Waals surface area contributed by atoms with E-state index in [1.807, 2.05) is 12.1 Å². The molecule has 0 spiro atoms. The quantitative estimate of drug-likeness (QED) is 0.671. The molecule has 0 amide bonds. The maximum atomic E-state index is 12.8. The van der Waals surface area contributed by atoms with Gasteiger partial charge in [0.2, 0.25) is 0 Å². The lowest BCUT2D eigenvalue weighted by Crippen LogP contribution is -1.96. The van der Waals surface area contributed by atoms with Gasteiger partial charge in [0, 0.05) is 0 Å². The molecule has 5 atom stereocenters. The van der Waals surface area contributed by atoms with Crippen molar-refractivity contribution in [2.45, 2.75) is 6.42 Å². The van der Waals surface area contributed by atoms with Gasteiger partial charge in [-0.05, 0) is 53.7 Å². The smallest absolute Gasteiger partial charge is 0.123 e. The number of hydrogen-bond donors (Lipinski definition) is 0. The van der Waals surface area contributed by atoms with Crippen molar-refractivity contribution in [3.8, 4) is 0 Å². The first-order chi connectivity index (χ1) is 8.33. The van der Waals surface area contributed by atoms with E-state index in [0.29, 0.717) is 0 Å². The molecular weight excluding hydrogens is 211 g/mol. The number of allylic oxidation sites excluding steroid dienone is 3. The zero-order valence-electron chi connectivity index (χ0n) is 9.59. The number of fused-ring (bicyclic) bond motifs is 5. The number of halogens is 1. The number of rotatable bonds is 2. The molecule has 2 fully saturated rings. The Morgan fingerprint density at radius 3 is 2.29 bits per heavy atom. The lowest BCUT2D eigenvalue weighted by atomic mass is 10.0. The molecule has 3 aliphatic carbocycles. The molecule has 0 saturated heterocycles. The summed E-state index contributed by atoms with van der Waals surface area (Å²) in [5.74, 6) is 4.16. The first-order valence-corrected chi connectivity index (χ1v) is 6.45. The minimum Gasteiger partial charge on any atom is -0.207 e. The summed E-state index contributed by atoms with van der Waals surface area (Å²) in [6.45, 7) is 0. The largest absolute Gasteiger partial charge is 0.207 e. The Labute approximate surface area is 101 Å². The van der Waals surface area contributed by atoms with Crippen molar-refractivity contribution < 1.29 is 4.39 Å². The van der Waals surface area contributed by atoms with Crippen molar-refractivity contribution in [1.82, 2.24) is 0 Å².